The highest BCUT2D eigenvalue weighted by Gasteiger charge is 2.35. The number of ether oxygens (including phenoxy) is 2. The number of amides is 1. The van der Waals surface area contributed by atoms with Crippen LogP contribution in [0.15, 0.2) is 24.3 Å². The van der Waals surface area contributed by atoms with E-state index in [-0.39, 0.29) is 24.2 Å². The largest absolute Gasteiger partial charge is 0.494 e. The van der Waals surface area contributed by atoms with E-state index in [1.807, 2.05) is 31.2 Å². The van der Waals surface area contributed by atoms with Crippen molar-refractivity contribution in [1.29, 1.82) is 0 Å². The van der Waals surface area contributed by atoms with Gasteiger partial charge in [0.2, 0.25) is 5.91 Å². The van der Waals surface area contributed by atoms with Crippen molar-refractivity contribution < 1.29 is 19.1 Å². The van der Waals surface area contributed by atoms with Gasteiger partial charge in [-0.15, -0.1) is 0 Å². The number of nitrogens with zero attached hydrogens (tertiary/aromatic N) is 1. The smallest absolute Gasteiger partial charge is 0.311 e. The summed E-state index contributed by atoms with van der Waals surface area (Å²) in [5, 5.41) is 0. The molecular formula is C14H17NO4. The molecule has 1 aliphatic rings. The molecule has 0 N–H and O–H groups in total. The summed E-state index contributed by atoms with van der Waals surface area (Å²) >= 11 is 0. The summed E-state index contributed by atoms with van der Waals surface area (Å²) in [7, 11) is 1.34. The summed E-state index contributed by atoms with van der Waals surface area (Å²) in [6.45, 7) is 2.89. The molecule has 0 aromatic heterocycles. The Kier molecular flexibility index (Phi) is 4.04. The Morgan fingerprint density at radius 3 is 2.63 bits per heavy atom. The van der Waals surface area contributed by atoms with E-state index < -0.39 is 0 Å². The third-order valence-electron chi connectivity index (χ3n) is 3.12. The zero-order chi connectivity index (χ0) is 13.8. The van der Waals surface area contributed by atoms with Crippen molar-refractivity contribution in [1.82, 2.24) is 0 Å². The van der Waals surface area contributed by atoms with Crippen LogP contribution in [0.3, 0.4) is 0 Å². The van der Waals surface area contributed by atoms with E-state index in [1.54, 1.807) is 4.90 Å². The molecule has 2 rings (SSSR count). The standard InChI is InChI=1S/C14H17NO4/c1-3-19-12-6-4-11(5-7-12)15-9-10(8-13(15)16)14(17)18-2/h4-7,10H,3,8-9H2,1-2H3/t10-/m0/s1. The van der Waals surface area contributed by atoms with Gasteiger partial charge < -0.3 is 14.4 Å². The Morgan fingerprint density at radius 2 is 2.05 bits per heavy atom. The summed E-state index contributed by atoms with van der Waals surface area (Å²) in [6, 6.07) is 7.28. The van der Waals surface area contributed by atoms with Crippen molar-refractivity contribution in [3.8, 4) is 5.75 Å². The van der Waals surface area contributed by atoms with Crippen LogP contribution in [0.5, 0.6) is 5.75 Å². The molecule has 1 aromatic rings. The zero-order valence-corrected chi connectivity index (χ0v) is 11.1. The second-order valence-corrected chi connectivity index (χ2v) is 4.36. The van der Waals surface area contributed by atoms with Crippen LogP contribution in [-0.2, 0) is 14.3 Å². The molecule has 1 heterocycles. The zero-order valence-electron chi connectivity index (χ0n) is 11.1. The molecule has 0 unspecified atom stereocenters. The molecule has 1 atom stereocenters. The minimum Gasteiger partial charge on any atom is -0.494 e. The van der Waals surface area contributed by atoms with Crippen LogP contribution in [0.25, 0.3) is 0 Å². The maximum absolute atomic E-state index is 11.9. The fourth-order valence-corrected chi connectivity index (χ4v) is 2.17. The molecule has 5 heteroatoms. The minimum absolute atomic E-state index is 0.0560. The fourth-order valence-electron chi connectivity index (χ4n) is 2.17. The van der Waals surface area contributed by atoms with Crippen molar-refractivity contribution >= 4 is 17.6 Å². The number of hydrogen-bond acceptors (Lipinski definition) is 4. The van der Waals surface area contributed by atoms with Crippen molar-refractivity contribution in [3.63, 3.8) is 0 Å². The van der Waals surface area contributed by atoms with Gasteiger partial charge >= 0.3 is 5.97 Å². The number of hydrogen-bond donors (Lipinski definition) is 0. The Bertz CT molecular complexity index is 469. The molecule has 1 aromatic carbocycles. The molecule has 0 saturated carbocycles. The number of carbonyl (C=O) groups is 2. The molecule has 0 spiro atoms. The first-order valence-corrected chi connectivity index (χ1v) is 6.26. The van der Waals surface area contributed by atoms with E-state index in [2.05, 4.69) is 4.74 Å². The van der Waals surface area contributed by atoms with Gasteiger partial charge in [-0.25, -0.2) is 0 Å². The van der Waals surface area contributed by atoms with Gasteiger partial charge in [-0.3, -0.25) is 9.59 Å². The SMILES string of the molecule is CCOc1ccc(N2C[C@@H](C(=O)OC)CC2=O)cc1. The third kappa shape index (κ3) is 2.86. The second kappa shape index (κ2) is 5.73. The van der Waals surface area contributed by atoms with Gasteiger partial charge in [0.25, 0.3) is 0 Å². The van der Waals surface area contributed by atoms with Crippen LogP contribution in [0, 0.1) is 5.92 Å². The molecule has 1 aliphatic heterocycles. The molecule has 0 aliphatic carbocycles. The van der Waals surface area contributed by atoms with Crippen molar-refractivity contribution in [2.24, 2.45) is 5.92 Å². The van der Waals surface area contributed by atoms with E-state index in [1.165, 1.54) is 7.11 Å². The predicted molar refractivity (Wildman–Crippen MR) is 70.1 cm³/mol. The number of anilines is 1. The highest BCUT2D eigenvalue weighted by molar-refractivity contribution is 5.99. The van der Waals surface area contributed by atoms with Crippen LogP contribution in [0.4, 0.5) is 5.69 Å². The van der Waals surface area contributed by atoms with E-state index in [4.69, 9.17) is 4.74 Å². The first-order valence-electron chi connectivity index (χ1n) is 6.26. The monoisotopic (exact) mass is 263 g/mol. The first-order chi connectivity index (χ1) is 9.15. The summed E-state index contributed by atoms with van der Waals surface area (Å²) in [5.74, 6) is 0.00725. The average Bonchev–Trinajstić information content (AvgIpc) is 2.81. The summed E-state index contributed by atoms with van der Waals surface area (Å²) in [5.41, 5.74) is 0.778. The molecule has 1 amide bonds. The van der Waals surface area contributed by atoms with Crippen molar-refractivity contribution in [3.05, 3.63) is 24.3 Å². The lowest BCUT2D eigenvalue weighted by Gasteiger charge is -2.16. The number of rotatable bonds is 4. The van der Waals surface area contributed by atoms with Gasteiger partial charge in [0, 0.05) is 18.7 Å². The van der Waals surface area contributed by atoms with Crippen LogP contribution >= 0.6 is 0 Å². The maximum Gasteiger partial charge on any atom is 0.311 e. The Morgan fingerprint density at radius 1 is 1.37 bits per heavy atom. The number of benzene rings is 1. The van der Waals surface area contributed by atoms with Crippen LogP contribution in [-0.4, -0.2) is 32.1 Å². The lowest BCUT2D eigenvalue weighted by atomic mass is 10.1. The Hall–Kier alpha value is -2.04. The Balaban J connectivity index is 2.09. The lowest BCUT2D eigenvalue weighted by Crippen LogP contribution is -2.26. The van der Waals surface area contributed by atoms with Crippen LogP contribution < -0.4 is 9.64 Å². The molecule has 0 radical (unpaired) electrons. The molecule has 5 nitrogen and oxygen atoms in total. The van der Waals surface area contributed by atoms with Crippen LogP contribution in [0.1, 0.15) is 13.3 Å². The number of carbonyl (C=O) groups excluding carboxylic acids is 2. The lowest BCUT2D eigenvalue weighted by molar-refractivity contribution is -0.145. The fraction of sp³-hybridized carbons (Fsp3) is 0.429. The highest BCUT2D eigenvalue weighted by atomic mass is 16.5. The normalized spacial score (nSPS) is 18.5. The van der Waals surface area contributed by atoms with Crippen LogP contribution in [0.2, 0.25) is 0 Å². The van der Waals surface area contributed by atoms with E-state index in [9.17, 15) is 9.59 Å². The van der Waals surface area contributed by atoms with Crippen molar-refractivity contribution in [2.75, 3.05) is 25.2 Å². The van der Waals surface area contributed by atoms with Gasteiger partial charge in [0.05, 0.1) is 19.6 Å². The first kappa shape index (κ1) is 13.4. The molecular weight excluding hydrogens is 246 g/mol. The maximum atomic E-state index is 11.9. The topological polar surface area (TPSA) is 55.8 Å². The quantitative estimate of drug-likeness (QED) is 0.774. The molecule has 19 heavy (non-hydrogen) atoms. The second-order valence-electron chi connectivity index (χ2n) is 4.36. The number of methoxy groups -OCH3 is 1. The summed E-state index contributed by atoms with van der Waals surface area (Å²) in [6.07, 6.45) is 0.208. The molecule has 1 saturated heterocycles. The molecule has 0 bridgehead atoms. The molecule has 102 valence electrons. The highest BCUT2D eigenvalue weighted by Crippen LogP contribution is 2.27. The molecule has 1 fully saturated rings. The Labute approximate surface area is 112 Å². The third-order valence-corrected chi connectivity index (χ3v) is 3.12. The van der Waals surface area contributed by atoms with Gasteiger partial charge in [-0.1, -0.05) is 0 Å². The van der Waals surface area contributed by atoms with Gasteiger partial charge in [-0.05, 0) is 31.2 Å². The summed E-state index contributed by atoms with van der Waals surface area (Å²) < 4.78 is 10.0. The van der Waals surface area contributed by atoms with Crippen molar-refractivity contribution in [2.45, 2.75) is 13.3 Å². The van der Waals surface area contributed by atoms with E-state index in [0.29, 0.717) is 13.2 Å². The van der Waals surface area contributed by atoms with Gasteiger partial charge in [-0.2, -0.15) is 0 Å². The number of esters is 1. The average molecular weight is 263 g/mol. The minimum atomic E-state index is -0.371. The summed E-state index contributed by atoms with van der Waals surface area (Å²) in [4.78, 5) is 25.0. The van der Waals surface area contributed by atoms with E-state index in [0.717, 1.165) is 11.4 Å². The predicted octanol–water partition coefficient (Wildman–Crippen LogP) is 1.61. The van der Waals surface area contributed by atoms with E-state index >= 15 is 0 Å². The van der Waals surface area contributed by atoms with Gasteiger partial charge in [0.1, 0.15) is 5.75 Å². The van der Waals surface area contributed by atoms with Gasteiger partial charge in [0.15, 0.2) is 0 Å².